The number of benzene rings is 2. The van der Waals surface area contributed by atoms with Crippen LogP contribution < -0.4 is 9.47 Å². The minimum absolute atomic E-state index is 0.0523. The summed E-state index contributed by atoms with van der Waals surface area (Å²) in [6, 6.07) is 10.7. The Bertz CT molecular complexity index is 1010. The molecule has 0 atom stereocenters. The van der Waals surface area contributed by atoms with Gasteiger partial charge in [0.05, 0.1) is 11.8 Å². The fraction of sp³-hybridized carbons (Fsp3) is 0.150. The van der Waals surface area contributed by atoms with Crippen molar-refractivity contribution in [2.24, 2.45) is 0 Å². The average molecular weight is 408 g/mol. The number of ether oxygens (including phenoxy) is 3. The fourth-order valence-corrected chi connectivity index (χ4v) is 3.57. The van der Waals surface area contributed by atoms with Crippen LogP contribution in [0.1, 0.15) is 20.8 Å². The Kier molecular flexibility index (Phi) is 5.60. The molecule has 8 heteroatoms. The Balaban J connectivity index is 1.87. The van der Waals surface area contributed by atoms with Crippen molar-refractivity contribution in [3.8, 4) is 11.5 Å². The molecule has 28 heavy (non-hydrogen) atoms. The average Bonchev–Trinajstić information content (AvgIpc) is 3.09. The van der Waals surface area contributed by atoms with Crippen molar-refractivity contribution in [2.75, 3.05) is 7.11 Å². The Morgan fingerprint density at radius 1 is 1.18 bits per heavy atom. The van der Waals surface area contributed by atoms with E-state index < -0.39 is 12.3 Å². The molecule has 4 nitrogen and oxygen atoms in total. The van der Waals surface area contributed by atoms with Crippen molar-refractivity contribution in [1.29, 1.82) is 0 Å². The summed E-state index contributed by atoms with van der Waals surface area (Å²) in [7, 11) is 1.28. The molecule has 0 fully saturated rings. The fourth-order valence-electron chi connectivity index (χ4n) is 2.55. The normalized spacial score (nSPS) is 11.3. The molecule has 0 aliphatic rings. The lowest BCUT2D eigenvalue weighted by molar-refractivity contribution is -0.274. The van der Waals surface area contributed by atoms with Crippen LogP contribution in [0.15, 0.2) is 49.0 Å². The lowest BCUT2D eigenvalue weighted by Crippen LogP contribution is -2.17. The van der Waals surface area contributed by atoms with Crippen LogP contribution >= 0.6 is 11.3 Å². The van der Waals surface area contributed by atoms with Crippen LogP contribution in [0.2, 0.25) is 0 Å². The number of thiophene rings is 1. The number of hydrogen-bond donors (Lipinski definition) is 0. The van der Waals surface area contributed by atoms with Crippen molar-refractivity contribution in [2.45, 2.75) is 13.0 Å². The van der Waals surface area contributed by atoms with Crippen molar-refractivity contribution < 1.29 is 32.2 Å². The van der Waals surface area contributed by atoms with Crippen LogP contribution in [0.5, 0.6) is 11.5 Å². The number of methoxy groups -OCH3 is 1. The molecule has 1 heterocycles. The highest BCUT2D eigenvalue weighted by Gasteiger charge is 2.31. The molecule has 3 rings (SSSR count). The third-order valence-corrected chi connectivity index (χ3v) is 4.95. The predicted molar refractivity (Wildman–Crippen MR) is 101 cm³/mol. The molecule has 0 aliphatic heterocycles. The number of carbonyl (C=O) groups excluding carboxylic acids is 1. The number of alkyl halides is 3. The maximum atomic E-state index is 12.2. The lowest BCUT2D eigenvalue weighted by atomic mass is 10.1. The largest absolute Gasteiger partial charge is 0.573 e. The highest BCUT2D eigenvalue weighted by molar-refractivity contribution is 7.20. The third kappa shape index (κ3) is 4.45. The quantitative estimate of drug-likeness (QED) is 0.483. The van der Waals surface area contributed by atoms with Crippen LogP contribution in [0.3, 0.4) is 0 Å². The summed E-state index contributed by atoms with van der Waals surface area (Å²) in [5.74, 6) is -0.500. The third-order valence-electron chi connectivity index (χ3n) is 3.81. The van der Waals surface area contributed by atoms with Gasteiger partial charge in [0.15, 0.2) is 5.75 Å². The van der Waals surface area contributed by atoms with E-state index in [4.69, 9.17) is 9.47 Å². The Morgan fingerprint density at radius 3 is 2.50 bits per heavy atom. The Morgan fingerprint density at radius 2 is 1.89 bits per heavy atom. The molecule has 146 valence electrons. The van der Waals surface area contributed by atoms with E-state index in [-0.39, 0.29) is 17.9 Å². The van der Waals surface area contributed by atoms with Gasteiger partial charge in [-0.15, -0.1) is 24.5 Å². The topological polar surface area (TPSA) is 44.8 Å². The Hall–Kier alpha value is -3.00. The molecule has 0 N–H and O–H groups in total. The van der Waals surface area contributed by atoms with Crippen LogP contribution in [-0.2, 0) is 11.3 Å². The van der Waals surface area contributed by atoms with Crippen molar-refractivity contribution >= 4 is 33.5 Å². The summed E-state index contributed by atoms with van der Waals surface area (Å²) >= 11 is 1.41. The lowest BCUT2D eigenvalue weighted by Gasteiger charge is -2.12. The smallest absolute Gasteiger partial charge is 0.486 e. The van der Waals surface area contributed by atoms with Crippen LogP contribution in [-0.4, -0.2) is 19.4 Å². The van der Waals surface area contributed by atoms with Crippen LogP contribution in [0.25, 0.3) is 16.2 Å². The summed E-state index contributed by atoms with van der Waals surface area (Å²) in [5, 5.41) is 0.886. The second kappa shape index (κ2) is 7.93. The van der Waals surface area contributed by atoms with Gasteiger partial charge in [0.25, 0.3) is 0 Å². The zero-order valence-corrected chi connectivity index (χ0v) is 15.5. The minimum Gasteiger partial charge on any atom is -0.486 e. The number of halogens is 3. The summed E-state index contributed by atoms with van der Waals surface area (Å²) in [4.78, 5) is 13.0. The molecule has 0 saturated carbocycles. The van der Waals surface area contributed by atoms with E-state index in [1.165, 1.54) is 42.7 Å². The standard InChI is InChI=1S/C20H15F3O4S/c1-3-15-10-13-6-9-16(19(24)25-2)17(18(13)28-15)26-11-12-4-7-14(8-5-12)27-20(21,22)23/h3-10H,1,11H2,2H3. The van der Waals surface area contributed by atoms with Gasteiger partial charge in [0.1, 0.15) is 17.9 Å². The Labute approximate surface area is 162 Å². The SMILES string of the molecule is C=Cc1cc2ccc(C(=O)OC)c(OCc3ccc(OC(F)(F)F)cc3)c2s1. The number of esters is 1. The van der Waals surface area contributed by atoms with Gasteiger partial charge in [-0.25, -0.2) is 4.79 Å². The first-order chi connectivity index (χ1) is 13.3. The van der Waals surface area contributed by atoms with E-state index in [1.807, 2.05) is 6.07 Å². The number of fused-ring (bicyclic) bond motifs is 1. The van der Waals surface area contributed by atoms with Gasteiger partial charge in [-0.05, 0) is 35.2 Å². The van der Waals surface area contributed by atoms with Crippen molar-refractivity contribution in [3.05, 3.63) is 65.0 Å². The van der Waals surface area contributed by atoms with Gasteiger partial charge in [-0.2, -0.15) is 0 Å². The molecule has 0 saturated heterocycles. The zero-order chi connectivity index (χ0) is 20.3. The molecule has 0 amide bonds. The van der Waals surface area contributed by atoms with Gasteiger partial charge in [-0.3, -0.25) is 0 Å². The summed E-state index contributed by atoms with van der Waals surface area (Å²) < 4.78 is 52.0. The van der Waals surface area contributed by atoms with E-state index in [0.717, 1.165) is 15.0 Å². The molecule has 2 aromatic carbocycles. The highest BCUT2D eigenvalue weighted by atomic mass is 32.1. The van der Waals surface area contributed by atoms with E-state index in [1.54, 1.807) is 18.2 Å². The van der Waals surface area contributed by atoms with Gasteiger partial charge >= 0.3 is 12.3 Å². The monoisotopic (exact) mass is 408 g/mol. The van der Waals surface area contributed by atoms with Gasteiger partial charge < -0.3 is 14.2 Å². The summed E-state index contributed by atoms with van der Waals surface area (Å²) in [5.41, 5.74) is 0.882. The molecule has 3 aromatic rings. The van der Waals surface area contributed by atoms with E-state index in [2.05, 4.69) is 11.3 Å². The molecular formula is C20H15F3O4S. The zero-order valence-electron chi connectivity index (χ0n) is 14.7. The minimum atomic E-state index is -4.74. The molecule has 0 spiro atoms. The second-order valence-electron chi connectivity index (χ2n) is 5.69. The van der Waals surface area contributed by atoms with E-state index in [9.17, 15) is 18.0 Å². The van der Waals surface area contributed by atoms with E-state index in [0.29, 0.717) is 11.3 Å². The van der Waals surface area contributed by atoms with Gasteiger partial charge in [0.2, 0.25) is 0 Å². The first kappa shape index (κ1) is 19.8. The van der Waals surface area contributed by atoms with Crippen molar-refractivity contribution in [3.63, 3.8) is 0 Å². The number of hydrogen-bond acceptors (Lipinski definition) is 5. The number of carbonyl (C=O) groups is 1. The maximum absolute atomic E-state index is 12.2. The van der Waals surface area contributed by atoms with Crippen LogP contribution in [0, 0.1) is 0 Å². The summed E-state index contributed by atoms with van der Waals surface area (Å²) in [6.07, 6.45) is -3.04. The number of rotatable bonds is 6. The van der Waals surface area contributed by atoms with E-state index >= 15 is 0 Å². The van der Waals surface area contributed by atoms with Gasteiger partial charge in [-0.1, -0.05) is 30.9 Å². The summed E-state index contributed by atoms with van der Waals surface area (Å²) in [6.45, 7) is 3.80. The molecule has 0 bridgehead atoms. The molecular weight excluding hydrogens is 393 g/mol. The molecule has 0 radical (unpaired) electrons. The van der Waals surface area contributed by atoms with Crippen molar-refractivity contribution in [1.82, 2.24) is 0 Å². The van der Waals surface area contributed by atoms with Crippen LogP contribution in [0.4, 0.5) is 13.2 Å². The highest BCUT2D eigenvalue weighted by Crippen LogP contribution is 2.37. The first-order valence-electron chi connectivity index (χ1n) is 8.05. The molecule has 1 aromatic heterocycles. The maximum Gasteiger partial charge on any atom is 0.573 e. The molecule has 0 unspecified atom stereocenters. The predicted octanol–water partition coefficient (Wildman–Crippen LogP) is 5.81. The van der Waals surface area contributed by atoms with Gasteiger partial charge in [0, 0.05) is 4.88 Å². The molecule has 0 aliphatic carbocycles. The second-order valence-corrected chi connectivity index (χ2v) is 6.77. The first-order valence-corrected chi connectivity index (χ1v) is 8.87.